The number of phenols is 1. The van der Waals surface area contributed by atoms with Crippen LogP contribution in [0.5, 0.6) is 5.75 Å². The number of aromatic hydroxyl groups is 1. The highest BCUT2D eigenvalue weighted by Crippen LogP contribution is 2.32. The van der Waals surface area contributed by atoms with E-state index in [1.807, 2.05) is 13.0 Å². The van der Waals surface area contributed by atoms with Gasteiger partial charge in [-0.25, -0.2) is 0 Å². The lowest BCUT2D eigenvalue weighted by Crippen LogP contribution is -2.27. The van der Waals surface area contributed by atoms with Gasteiger partial charge in [0.1, 0.15) is 5.75 Å². The molecule has 1 fully saturated rings. The molecule has 1 saturated heterocycles. The predicted molar refractivity (Wildman–Crippen MR) is 62.4 cm³/mol. The molecule has 0 aliphatic carbocycles. The van der Waals surface area contributed by atoms with E-state index < -0.39 is 0 Å². The van der Waals surface area contributed by atoms with Crippen molar-refractivity contribution in [3.63, 3.8) is 0 Å². The molecule has 0 saturated carbocycles. The molecule has 2 nitrogen and oxygen atoms in total. The van der Waals surface area contributed by atoms with Gasteiger partial charge in [-0.2, -0.15) is 0 Å². The smallest absolute Gasteiger partial charge is 0.134 e. The summed E-state index contributed by atoms with van der Waals surface area (Å²) in [5.74, 6) is 0.175. The van der Waals surface area contributed by atoms with Crippen LogP contribution in [0.25, 0.3) is 0 Å². The molecule has 2 rings (SSSR count). The van der Waals surface area contributed by atoms with E-state index in [4.69, 9.17) is 11.6 Å². The minimum Gasteiger partial charge on any atom is -0.506 e. The van der Waals surface area contributed by atoms with Crippen LogP contribution in [0.3, 0.4) is 0 Å². The Kier molecular flexibility index (Phi) is 3.17. The van der Waals surface area contributed by atoms with Crippen molar-refractivity contribution < 1.29 is 5.11 Å². The van der Waals surface area contributed by atoms with Crippen LogP contribution in [0, 0.1) is 6.92 Å². The first kappa shape index (κ1) is 10.8. The van der Waals surface area contributed by atoms with Crippen LogP contribution < -0.4 is 5.32 Å². The normalized spacial score (nSPS) is 21.6. The van der Waals surface area contributed by atoms with Gasteiger partial charge in [-0.15, -0.1) is 0 Å². The van der Waals surface area contributed by atoms with Gasteiger partial charge in [-0.05, 0) is 49.6 Å². The van der Waals surface area contributed by atoms with Crippen molar-refractivity contribution in [2.45, 2.75) is 32.2 Å². The van der Waals surface area contributed by atoms with Crippen molar-refractivity contribution in [3.05, 3.63) is 28.3 Å². The standard InChI is InChI=1S/C12H16ClNO/c1-8-6-12(15)10(13)7-9(8)11-4-2-3-5-14-11/h6-7,11,14-15H,2-5H2,1H3. The Balaban J connectivity index is 2.30. The largest absolute Gasteiger partial charge is 0.506 e. The maximum atomic E-state index is 9.47. The summed E-state index contributed by atoms with van der Waals surface area (Å²) < 4.78 is 0. The van der Waals surface area contributed by atoms with Gasteiger partial charge in [-0.3, -0.25) is 0 Å². The molecule has 2 N–H and O–H groups in total. The summed E-state index contributed by atoms with van der Waals surface area (Å²) >= 11 is 5.93. The van der Waals surface area contributed by atoms with E-state index >= 15 is 0 Å². The maximum Gasteiger partial charge on any atom is 0.134 e. The zero-order chi connectivity index (χ0) is 10.8. The fourth-order valence-corrected chi connectivity index (χ4v) is 2.35. The number of nitrogens with one attached hydrogen (secondary N) is 1. The Morgan fingerprint density at radius 2 is 2.20 bits per heavy atom. The second-order valence-corrected chi connectivity index (χ2v) is 4.57. The van der Waals surface area contributed by atoms with E-state index in [9.17, 15) is 5.11 Å². The molecule has 1 aromatic carbocycles. The van der Waals surface area contributed by atoms with Crippen LogP contribution >= 0.6 is 11.6 Å². The van der Waals surface area contributed by atoms with Crippen LogP contribution in [-0.2, 0) is 0 Å². The summed E-state index contributed by atoms with van der Waals surface area (Å²) in [5, 5.41) is 13.4. The van der Waals surface area contributed by atoms with Crippen LogP contribution in [0.15, 0.2) is 12.1 Å². The quantitative estimate of drug-likeness (QED) is 0.770. The minimum atomic E-state index is 0.175. The lowest BCUT2D eigenvalue weighted by atomic mass is 9.94. The molecular weight excluding hydrogens is 210 g/mol. The third-order valence-electron chi connectivity index (χ3n) is 3.02. The van der Waals surface area contributed by atoms with Gasteiger partial charge in [0, 0.05) is 6.04 Å². The minimum absolute atomic E-state index is 0.175. The van der Waals surface area contributed by atoms with Crippen molar-refractivity contribution in [2.75, 3.05) is 6.54 Å². The summed E-state index contributed by atoms with van der Waals surface area (Å²) in [6.45, 7) is 3.09. The highest BCUT2D eigenvalue weighted by atomic mass is 35.5. The lowest BCUT2D eigenvalue weighted by Gasteiger charge is -2.25. The molecule has 1 atom stereocenters. The van der Waals surface area contributed by atoms with Crippen molar-refractivity contribution in [1.29, 1.82) is 0 Å². The first-order valence-corrected chi connectivity index (χ1v) is 5.78. The number of piperidine rings is 1. The van der Waals surface area contributed by atoms with E-state index in [-0.39, 0.29) is 5.75 Å². The summed E-state index contributed by atoms with van der Waals surface area (Å²) in [7, 11) is 0. The summed E-state index contributed by atoms with van der Waals surface area (Å²) in [4.78, 5) is 0. The summed E-state index contributed by atoms with van der Waals surface area (Å²) in [6, 6.07) is 4.03. The van der Waals surface area contributed by atoms with Crippen molar-refractivity contribution in [2.24, 2.45) is 0 Å². The van der Waals surface area contributed by atoms with E-state index in [2.05, 4.69) is 5.32 Å². The number of benzene rings is 1. The second kappa shape index (κ2) is 4.42. The number of hydrogen-bond acceptors (Lipinski definition) is 2. The van der Waals surface area contributed by atoms with E-state index in [0.717, 1.165) is 18.5 Å². The molecule has 0 spiro atoms. The van der Waals surface area contributed by atoms with Gasteiger partial charge in [0.25, 0.3) is 0 Å². The molecule has 1 unspecified atom stereocenters. The van der Waals surface area contributed by atoms with Gasteiger partial charge in [0.05, 0.1) is 5.02 Å². The topological polar surface area (TPSA) is 32.3 Å². The fraction of sp³-hybridized carbons (Fsp3) is 0.500. The molecule has 0 amide bonds. The molecular formula is C12H16ClNO. The zero-order valence-electron chi connectivity index (χ0n) is 8.89. The molecule has 0 bridgehead atoms. The Morgan fingerprint density at radius 1 is 1.40 bits per heavy atom. The van der Waals surface area contributed by atoms with Gasteiger partial charge < -0.3 is 10.4 Å². The van der Waals surface area contributed by atoms with Gasteiger partial charge >= 0.3 is 0 Å². The Morgan fingerprint density at radius 3 is 2.87 bits per heavy atom. The van der Waals surface area contributed by atoms with Gasteiger partial charge in [0.2, 0.25) is 0 Å². The van der Waals surface area contributed by atoms with Crippen LogP contribution in [0.1, 0.15) is 36.4 Å². The SMILES string of the molecule is Cc1cc(O)c(Cl)cc1C1CCCCN1. The highest BCUT2D eigenvalue weighted by Gasteiger charge is 2.17. The second-order valence-electron chi connectivity index (χ2n) is 4.16. The first-order valence-electron chi connectivity index (χ1n) is 5.41. The molecule has 82 valence electrons. The monoisotopic (exact) mass is 225 g/mol. The molecule has 1 aliphatic rings. The number of aryl methyl sites for hydroxylation is 1. The summed E-state index contributed by atoms with van der Waals surface area (Å²) in [5.41, 5.74) is 2.33. The molecule has 0 aromatic heterocycles. The Labute approximate surface area is 95.3 Å². The van der Waals surface area contributed by atoms with E-state index in [1.54, 1.807) is 6.07 Å². The van der Waals surface area contributed by atoms with Gasteiger partial charge in [0.15, 0.2) is 0 Å². The summed E-state index contributed by atoms with van der Waals surface area (Å²) in [6.07, 6.45) is 3.67. The van der Waals surface area contributed by atoms with Crippen molar-refractivity contribution in [1.82, 2.24) is 5.32 Å². The van der Waals surface area contributed by atoms with Crippen molar-refractivity contribution in [3.8, 4) is 5.75 Å². The maximum absolute atomic E-state index is 9.47. The number of phenolic OH excluding ortho intramolecular Hbond substituents is 1. The molecule has 1 heterocycles. The highest BCUT2D eigenvalue weighted by molar-refractivity contribution is 6.32. The third-order valence-corrected chi connectivity index (χ3v) is 3.32. The van der Waals surface area contributed by atoms with Crippen molar-refractivity contribution >= 4 is 11.6 Å². The number of hydrogen-bond donors (Lipinski definition) is 2. The molecule has 1 aliphatic heterocycles. The Hall–Kier alpha value is -0.730. The molecule has 1 aromatic rings. The first-order chi connectivity index (χ1) is 7.18. The molecule has 3 heteroatoms. The van der Waals surface area contributed by atoms with Crippen LogP contribution in [0.4, 0.5) is 0 Å². The van der Waals surface area contributed by atoms with E-state index in [1.165, 1.54) is 18.4 Å². The number of rotatable bonds is 1. The van der Waals surface area contributed by atoms with Gasteiger partial charge in [-0.1, -0.05) is 18.0 Å². The molecule has 15 heavy (non-hydrogen) atoms. The fourth-order valence-electron chi connectivity index (χ4n) is 2.17. The zero-order valence-corrected chi connectivity index (χ0v) is 9.64. The number of halogens is 1. The van der Waals surface area contributed by atoms with E-state index in [0.29, 0.717) is 11.1 Å². The predicted octanol–water partition coefficient (Wildman–Crippen LogP) is 3.17. The Bertz CT molecular complexity index is 359. The molecule has 0 radical (unpaired) electrons. The van der Waals surface area contributed by atoms with Crippen LogP contribution in [-0.4, -0.2) is 11.7 Å². The van der Waals surface area contributed by atoms with Crippen LogP contribution in [0.2, 0.25) is 5.02 Å². The average molecular weight is 226 g/mol. The third kappa shape index (κ3) is 2.27. The lowest BCUT2D eigenvalue weighted by molar-refractivity contribution is 0.410. The average Bonchev–Trinajstić information content (AvgIpc) is 2.25.